The van der Waals surface area contributed by atoms with E-state index in [9.17, 15) is 18.0 Å². The van der Waals surface area contributed by atoms with Crippen LogP contribution in [0.15, 0.2) is 12.1 Å². The summed E-state index contributed by atoms with van der Waals surface area (Å²) >= 11 is 0. The van der Waals surface area contributed by atoms with Crippen LogP contribution in [0, 0.1) is 0 Å². The molecule has 0 radical (unpaired) electrons. The highest BCUT2D eigenvalue weighted by Crippen LogP contribution is 2.43. The van der Waals surface area contributed by atoms with Crippen molar-refractivity contribution in [2.75, 3.05) is 21.3 Å². The van der Waals surface area contributed by atoms with Crippen LogP contribution in [0.2, 0.25) is 0 Å². The number of hydrogen-bond donors (Lipinski definition) is 0. The van der Waals surface area contributed by atoms with Crippen molar-refractivity contribution in [3.8, 4) is 11.5 Å². The van der Waals surface area contributed by atoms with Crippen LogP contribution in [0.1, 0.15) is 15.9 Å². The lowest BCUT2D eigenvalue weighted by atomic mass is 10.1. The Morgan fingerprint density at radius 2 is 1.61 bits per heavy atom. The van der Waals surface area contributed by atoms with Gasteiger partial charge in [-0.05, 0) is 12.1 Å². The molecule has 0 aliphatic carbocycles. The Bertz CT molecular complexity index is 454. The molecular formula is C11H11F3O4. The molecule has 0 unspecified atom stereocenters. The molecule has 0 bridgehead atoms. The van der Waals surface area contributed by atoms with Gasteiger partial charge in [0.15, 0.2) is 11.5 Å². The summed E-state index contributed by atoms with van der Waals surface area (Å²) in [5, 5.41) is 0. The smallest absolute Gasteiger partial charge is 0.420 e. The molecule has 0 N–H and O–H groups in total. The molecule has 1 aromatic rings. The van der Waals surface area contributed by atoms with Gasteiger partial charge in [0, 0.05) is 0 Å². The van der Waals surface area contributed by atoms with Gasteiger partial charge in [-0.1, -0.05) is 0 Å². The van der Waals surface area contributed by atoms with Crippen LogP contribution in [0.3, 0.4) is 0 Å². The summed E-state index contributed by atoms with van der Waals surface area (Å²) in [6, 6.07) is 1.73. The van der Waals surface area contributed by atoms with Crippen molar-refractivity contribution in [2.45, 2.75) is 6.18 Å². The largest absolute Gasteiger partial charge is 0.492 e. The average Bonchev–Trinajstić information content (AvgIpc) is 2.34. The molecule has 1 rings (SSSR count). The first-order chi connectivity index (χ1) is 8.36. The molecule has 100 valence electrons. The summed E-state index contributed by atoms with van der Waals surface area (Å²) in [6.45, 7) is 0. The van der Waals surface area contributed by atoms with Gasteiger partial charge in [0.1, 0.15) is 11.1 Å². The van der Waals surface area contributed by atoms with E-state index < -0.39 is 23.5 Å². The third-order valence-corrected chi connectivity index (χ3v) is 2.23. The molecule has 0 atom stereocenters. The molecule has 0 aromatic heterocycles. The highest BCUT2D eigenvalue weighted by Gasteiger charge is 2.37. The first-order valence-electron chi connectivity index (χ1n) is 4.77. The summed E-state index contributed by atoms with van der Waals surface area (Å²) in [4.78, 5) is 11.4. The molecule has 0 aliphatic rings. The van der Waals surface area contributed by atoms with E-state index >= 15 is 0 Å². The first kappa shape index (κ1) is 14.1. The Hall–Kier alpha value is -1.92. The number of rotatable bonds is 3. The number of ether oxygens (including phenoxy) is 3. The minimum absolute atomic E-state index is 0.134. The number of methoxy groups -OCH3 is 3. The SMILES string of the molecule is COC(=O)c1ccc(C(F)(F)F)c(OC)c1OC. The summed E-state index contributed by atoms with van der Waals surface area (Å²) in [5.41, 5.74) is -1.15. The van der Waals surface area contributed by atoms with E-state index in [1.807, 2.05) is 0 Å². The van der Waals surface area contributed by atoms with Crippen molar-refractivity contribution in [3.05, 3.63) is 23.3 Å². The Balaban J connectivity index is 3.51. The second-order valence-electron chi connectivity index (χ2n) is 3.22. The molecule has 4 nitrogen and oxygen atoms in total. The molecule has 0 amide bonds. The predicted molar refractivity (Wildman–Crippen MR) is 55.9 cm³/mol. The third-order valence-electron chi connectivity index (χ3n) is 2.23. The third kappa shape index (κ3) is 2.49. The van der Waals surface area contributed by atoms with Crippen LogP contribution in [-0.2, 0) is 10.9 Å². The van der Waals surface area contributed by atoms with Crippen molar-refractivity contribution in [1.29, 1.82) is 0 Å². The number of halogens is 3. The minimum Gasteiger partial charge on any atom is -0.492 e. The normalized spacial score (nSPS) is 11.0. The number of benzene rings is 1. The van der Waals surface area contributed by atoms with Crippen LogP contribution in [-0.4, -0.2) is 27.3 Å². The topological polar surface area (TPSA) is 44.8 Å². The van der Waals surface area contributed by atoms with Crippen LogP contribution < -0.4 is 9.47 Å². The summed E-state index contributed by atoms with van der Waals surface area (Å²) in [5.74, 6) is -1.66. The Morgan fingerprint density at radius 3 is 2.00 bits per heavy atom. The van der Waals surface area contributed by atoms with E-state index in [1.54, 1.807) is 0 Å². The summed E-state index contributed by atoms with van der Waals surface area (Å²) in [7, 11) is 3.32. The van der Waals surface area contributed by atoms with Gasteiger partial charge in [0.25, 0.3) is 0 Å². The second kappa shape index (κ2) is 5.16. The van der Waals surface area contributed by atoms with Crippen molar-refractivity contribution < 1.29 is 32.2 Å². The molecule has 0 fully saturated rings. The lowest BCUT2D eigenvalue weighted by Gasteiger charge is -2.16. The van der Waals surface area contributed by atoms with Crippen molar-refractivity contribution in [1.82, 2.24) is 0 Å². The second-order valence-corrected chi connectivity index (χ2v) is 3.22. The van der Waals surface area contributed by atoms with Gasteiger partial charge in [-0.3, -0.25) is 0 Å². The highest BCUT2D eigenvalue weighted by molar-refractivity contribution is 5.93. The average molecular weight is 264 g/mol. The molecule has 18 heavy (non-hydrogen) atoms. The van der Waals surface area contributed by atoms with Gasteiger partial charge in [-0.25, -0.2) is 4.79 Å². The van der Waals surface area contributed by atoms with E-state index in [2.05, 4.69) is 9.47 Å². The van der Waals surface area contributed by atoms with Crippen LogP contribution in [0.4, 0.5) is 13.2 Å². The van der Waals surface area contributed by atoms with Crippen molar-refractivity contribution in [3.63, 3.8) is 0 Å². The van der Waals surface area contributed by atoms with Gasteiger partial charge in [-0.15, -0.1) is 0 Å². The number of alkyl halides is 3. The summed E-state index contributed by atoms with van der Waals surface area (Å²) < 4.78 is 52.1. The van der Waals surface area contributed by atoms with Gasteiger partial charge < -0.3 is 14.2 Å². The number of carbonyl (C=O) groups is 1. The zero-order chi connectivity index (χ0) is 13.9. The maximum absolute atomic E-state index is 12.7. The first-order valence-corrected chi connectivity index (χ1v) is 4.77. The lowest BCUT2D eigenvalue weighted by Crippen LogP contribution is -2.12. The lowest BCUT2D eigenvalue weighted by molar-refractivity contribution is -0.138. The monoisotopic (exact) mass is 264 g/mol. The zero-order valence-corrected chi connectivity index (χ0v) is 9.92. The van der Waals surface area contributed by atoms with E-state index in [1.165, 1.54) is 0 Å². The minimum atomic E-state index is -4.60. The van der Waals surface area contributed by atoms with Crippen molar-refractivity contribution in [2.24, 2.45) is 0 Å². The fourth-order valence-electron chi connectivity index (χ4n) is 1.46. The number of hydrogen-bond acceptors (Lipinski definition) is 4. The highest BCUT2D eigenvalue weighted by atomic mass is 19.4. The zero-order valence-electron chi connectivity index (χ0n) is 9.92. The van der Waals surface area contributed by atoms with E-state index in [0.717, 1.165) is 33.5 Å². The van der Waals surface area contributed by atoms with E-state index in [0.29, 0.717) is 0 Å². The number of esters is 1. The molecule has 0 spiro atoms. The van der Waals surface area contributed by atoms with Crippen molar-refractivity contribution >= 4 is 5.97 Å². The molecule has 0 aliphatic heterocycles. The van der Waals surface area contributed by atoms with Gasteiger partial charge >= 0.3 is 12.1 Å². The predicted octanol–water partition coefficient (Wildman–Crippen LogP) is 2.51. The Morgan fingerprint density at radius 1 is 1.06 bits per heavy atom. The maximum atomic E-state index is 12.7. The van der Waals surface area contributed by atoms with E-state index in [4.69, 9.17) is 4.74 Å². The van der Waals surface area contributed by atoms with Crippen LogP contribution in [0.5, 0.6) is 11.5 Å². The van der Waals surface area contributed by atoms with Gasteiger partial charge in [-0.2, -0.15) is 13.2 Å². The fourth-order valence-corrected chi connectivity index (χ4v) is 1.46. The molecule has 7 heteroatoms. The Labute approximate surface area is 101 Å². The quantitative estimate of drug-likeness (QED) is 0.787. The van der Waals surface area contributed by atoms with Gasteiger partial charge in [0.05, 0.1) is 21.3 Å². The molecule has 0 heterocycles. The Kier molecular flexibility index (Phi) is 4.05. The standard InChI is InChI=1S/C11H11F3O4/c1-16-8-6(10(15)18-3)4-5-7(9(8)17-2)11(12,13)14/h4-5H,1-3H3. The molecule has 1 aromatic carbocycles. The van der Waals surface area contributed by atoms with Crippen LogP contribution >= 0.6 is 0 Å². The molecular weight excluding hydrogens is 253 g/mol. The molecule has 0 saturated carbocycles. The molecule has 0 saturated heterocycles. The van der Waals surface area contributed by atoms with Gasteiger partial charge in [0.2, 0.25) is 0 Å². The summed E-state index contributed by atoms with van der Waals surface area (Å²) in [6.07, 6.45) is -4.60. The van der Waals surface area contributed by atoms with E-state index in [-0.39, 0.29) is 11.3 Å². The number of carbonyl (C=O) groups excluding carboxylic acids is 1. The maximum Gasteiger partial charge on any atom is 0.420 e. The fraction of sp³-hybridized carbons (Fsp3) is 0.364. The van der Waals surface area contributed by atoms with Crippen LogP contribution in [0.25, 0.3) is 0 Å².